The average Bonchev–Trinajstić information content (AvgIpc) is 2.55. The second kappa shape index (κ2) is 6.44. The van der Waals surface area contributed by atoms with Gasteiger partial charge in [0.05, 0.1) is 5.56 Å². The number of halogens is 2. The first-order chi connectivity index (χ1) is 11.1. The zero-order valence-electron chi connectivity index (χ0n) is 11.9. The molecule has 3 aromatic carbocycles. The first-order valence-electron chi connectivity index (χ1n) is 6.88. The Bertz CT molecular complexity index is 824. The Morgan fingerprint density at radius 1 is 0.870 bits per heavy atom. The molecule has 0 heterocycles. The number of ether oxygens (including phenoxy) is 2. The minimum atomic E-state index is -2.90. The van der Waals surface area contributed by atoms with Gasteiger partial charge in [0.2, 0.25) is 0 Å². The van der Waals surface area contributed by atoms with E-state index in [0.717, 1.165) is 10.8 Å². The van der Waals surface area contributed by atoms with Crippen molar-refractivity contribution < 1.29 is 23.0 Å². The van der Waals surface area contributed by atoms with Crippen LogP contribution in [0.15, 0.2) is 66.7 Å². The van der Waals surface area contributed by atoms with Crippen molar-refractivity contribution in [3.05, 3.63) is 72.3 Å². The van der Waals surface area contributed by atoms with Crippen LogP contribution in [0, 0.1) is 0 Å². The molecule has 0 saturated carbocycles. The largest absolute Gasteiger partial charge is 0.435 e. The molecule has 0 atom stereocenters. The predicted molar refractivity (Wildman–Crippen MR) is 82.0 cm³/mol. The second-order valence-electron chi connectivity index (χ2n) is 4.77. The third-order valence-electron chi connectivity index (χ3n) is 3.27. The van der Waals surface area contributed by atoms with E-state index >= 15 is 0 Å². The normalized spacial score (nSPS) is 10.7. The number of carbonyl (C=O) groups is 1. The van der Waals surface area contributed by atoms with Gasteiger partial charge in [0, 0.05) is 5.39 Å². The predicted octanol–water partition coefficient (Wildman–Crippen LogP) is 4.66. The van der Waals surface area contributed by atoms with Crippen molar-refractivity contribution in [1.82, 2.24) is 0 Å². The van der Waals surface area contributed by atoms with E-state index in [1.54, 1.807) is 12.1 Å². The molecule has 5 heteroatoms. The molecule has 0 spiro atoms. The first kappa shape index (κ1) is 15.0. The Labute approximate surface area is 131 Å². The molecule has 3 aromatic rings. The van der Waals surface area contributed by atoms with Crippen LogP contribution in [-0.2, 0) is 0 Å². The van der Waals surface area contributed by atoms with Gasteiger partial charge in [-0.05, 0) is 35.7 Å². The highest BCUT2D eigenvalue weighted by molar-refractivity contribution is 5.95. The highest BCUT2D eigenvalue weighted by Gasteiger charge is 2.12. The van der Waals surface area contributed by atoms with Gasteiger partial charge in [0.25, 0.3) is 0 Å². The third kappa shape index (κ3) is 3.45. The monoisotopic (exact) mass is 314 g/mol. The summed E-state index contributed by atoms with van der Waals surface area (Å²) in [6.07, 6.45) is 0. The van der Waals surface area contributed by atoms with Crippen molar-refractivity contribution in [2.24, 2.45) is 0 Å². The summed E-state index contributed by atoms with van der Waals surface area (Å²) in [5.74, 6) is -0.132. The summed E-state index contributed by atoms with van der Waals surface area (Å²) in [6, 6.07) is 18.3. The van der Waals surface area contributed by atoms with E-state index in [9.17, 15) is 13.6 Å². The van der Waals surface area contributed by atoms with Gasteiger partial charge in [-0.2, -0.15) is 8.78 Å². The minimum absolute atomic E-state index is 0.0123. The van der Waals surface area contributed by atoms with Crippen LogP contribution < -0.4 is 9.47 Å². The van der Waals surface area contributed by atoms with Crippen molar-refractivity contribution in [2.45, 2.75) is 6.61 Å². The lowest BCUT2D eigenvalue weighted by Gasteiger charge is -2.08. The van der Waals surface area contributed by atoms with Crippen LogP contribution in [0.25, 0.3) is 10.8 Å². The molecular weight excluding hydrogens is 302 g/mol. The Balaban J connectivity index is 1.81. The molecule has 0 aromatic heterocycles. The van der Waals surface area contributed by atoms with Crippen LogP contribution in [0.5, 0.6) is 11.5 Å². The lowest BCUT2D eigenvalue weighted by molar-refractivity contribution is -0.0498. The quantitative estimate of drug-likeness (QED) is 0.519. The van der Waals surface area contributed by atoms with Gasteiger partial charge in [-0.25, -0.2) is 4.79 Å². The topological polar surface area (TPSA) is 35.5 Å². The molecule has 0 radical (unpaired) electrons. The summed E-state index contributed by atoms with van der Waals surface area (Å²) >= 11 is 0. The van der Waals surface area contributed by atoms with Crippen LogP contribution in [0.1, 0.15) is 10.4 Å². The first-order valence-corrected chi connectivity index (χ1v) is 6.88. The molecule has 23 heavy (non-hydrogen) atoms. The summed E-state index contributed by atoms with van der Waals surface area (Å²) < 4.78 is 33.8. The Hall–Kier alpha value is -2.95. The summed E-state index contributed by atoms with van der Waals surface area (Å²) in [5.41, 5.74) is 0.250. The number of esters is 1. The molecule has 0 fully saturated rings. The van der Waals surface area contributed by atoms with E-state index in [4.69, 9.17) is 4.74 Å². The maximum absolute atomic E-state index is 12.2. The molecule has 3 rings (SSSR count). The lowest BCUT2D eigenvalue weighted by Crippen LogP contribution is -2.09. The molecule has 0 saturated heterocycles. The van der Waals surface area contributed by atoms with Crippen molar-refractivity contribution in [1.29, 1.82) is 0 Å². The second-order valence-corrected chi connectivity index (χ2v) is 4.77. The minimum Gasteiger partial charge on any atom is -0.435 e. The van der Waals surface area contributed by atoms with Crippen LogP contribution >= 0.6 is 0 Å². The number of benzene rings is 3. The number of alkyl halides is 2. The molecule has 0 amide bonds. The van der Waals surface area contributed by atoms with Gasteiger partial charge in [0.1, 0.15) is 11.5 Å². The van der Waals surface area contributed by atoms with Crippen LogP contribution in [0.2, 0.25) is 0 Å². The third-order valence-corrected chi connectivity index (χ3v) is 3.27. The molecule has 0 bridgehead atoms. The number of rotatable bonds is 4. The number of hydrogen-bond acceptors (Lipinski definition) is 3. The van der Waals surface area contributed by atoms with Gasteiger partial charge in [-0.1, -0.05) is 36.4 Å². The fourth-order valence-electron chi connectivity index (χ4n) is 2.22. The highest BCUT2D eigenvalue weighted by Crippen LogP contribution is 2.26. The fourth-order valence-corrected chi connectivity index (χ4v) is 2.22. The highest BCUT2D eigenvalue weighted by atomic mass is 19.3. The van der Waals surface area contributed by atoms with Crippen LogP contribution in [0.4, 0.5) is 8.78 Å². The van der Waals surface area contributed by atoms with Crippen molar-refractivity contribution in [3.8, 4) is 11.5 Å². The van der Waals surface area contributed by atoms with E-state index < -0.39 is 12.6 Å². The molecular formula is C18H12F2O3. The standard InChI is InChI=1S/C18H12F2O3/c19-18(20)22-14-10-8-13(9-11-14)17(21)23-16-7-3-5-12-4-1-2-6-15(12)16/h1-11,18H. The SMILES string of the molecule is O=C(Oc1cccc2ccccc12)c1ccc(OC(F)F)cc1. The van der Waals surface area contributed by atoms with Gasteiger partial charge < -0.3 is 9.47 Å². The molecule has 0 unspecified atom stereocenters. The smallest absolute Gasteiger partial charge is 0.387 e. The van der Waals surface area contributed by atoms with Gasteiger partial charge >= 0.3 is 12.6 Å². The summed E-state index contributed by atoms with van der Waals surface area (Å²) in [6.45, 7) is -2.90. The lowest BCUT2D eigenvalue weighted by atomic mass is 10.1. The summed E-state index contributed by atoms with van der Waals surface area (Å²) in [5, 5.41) is 1.78. The number of hydrogen-bond donors (Lipinski definition) is 0. The average molecular weight is 314 g/mol. The van der Waals surface area contributed by atoms with Crippen molar-refractivity contribution in [2.75, 3.05) is 0 Å². The molecule has 3 nitrogen and oxygen atoms in total. The summed E-state index contributed by atoms with van der Waals surface area (Å²) in [4.78, 5) is 12.2. The summed E-state index contributed by atoms with van der Waals surface area (Å²) in [7, 11) is 0. The van der Waals surface area contributed by atoms with Gasteiger partial charge in [0.15, 0.2) is 0 Å². The molecule has 0 aliphatic carbocycles. The van der Waals surface area contributed by atoms with Crippen molar-refractivity contribution >= 4 is 16.7 Å². The van der Waals surface area contributed by atoms with Gasteiger partial charge in [-0.3, -0.25) is 0 Å². The Morgan fingerprint density at radius 2 is 1.57 bits per heavy atom. The van der Waals surface area contributed by atoms with E-state index in [2.05, 4.69) is 4.74 Å². The van der Waals surface area contributed by atoms with E-state index in [1.165, 1.54) is 24.3 Å². The van der Waals surface area contributed by atoms with E-state index in [1.807, 2.05) is 30.3 Å². The zero-order chi connectivity index (χ0) is 16.2. The molecule has 0 aliphatic rings. The maximum atomic E-state index is 12.2. The fraction of sp³-hybridized carbons (Fsp3) is 0.0556. The Morgan fingerprint density at radius 3 is 2.30 bits per heavy atom. The molecule has 0 N–H and O–H groups in total. The van der Waals surface area contributed by atoms with Crippen molar-refractivity contribution in [3.63, 3.8) is 0 Å². The maximum Gasteiger partial charge on any atom is 0.387 e. The zero-order valence-corrected chi connectivity index (χ0v) is 11.9. The molecule has 116 valence electrons. The van der Waals surface area contributed by atoms with Crippen LogP contribution in [0.3, 0.4) is 0 Å². The Kier molecular flexibility index (Phi) is 4.19. The van der Waals surface area contributed by atoms with Gasteiger partial charge in [-0.15, -0.1) is 0 Å². The van der Waals surface area contributed by atoms with E-state index in [0.29, 0.717) is 5.75 Å². The molecule has 0 aliphatic heterocycles. The van der Waals surface area contributed by atoms with E-state index in [-0.39, 0.29) is 11.3 Å². The number of carbonyl (C=O) groups excluding carboxylic acids is 1. The number of fused-ring (bicyclic) bond motifs is 1. The van der Waals surface area contributed by atoms with Crippen LogP contribution in [-0.4, -0.2) is 12.6 Å².